The zero-order valence-corrected chi connectivity index (χ0v) is 9.75. The molecule has 88 valence electrons. The predicted molar refractivity (Wildman–Crippen MR) is 62.4 cm³/mol. The van der Waals surface area contributed by atoms with Gasteiger partial charge in [-0.2, -0.15) is 0 Å². The fourth-order valence-electron chi connectivity index (χ4n) is 1.83. The van der Waals surface area contributed by atoms with E-state index in [9.17, 15) is 4.39 Å². The van der Waals surface area contributed by atoms with Crippen LogP contribution in [0, 0.1) is 5.82 Å². The first-order valence-electron chi connectivity index (χ1n) is 5.31. The monoisotopic (exact) mass is 243 g/mol. The van der Waals surface area contributed by atoms with E-state index in [4.69, 9.17) is 17.4 Å². The summed E-state index contributed by atoms with van der Waals surface area (Å²) in [5.74, 6) is 5.42. The van der Waals surface area contributed by atoms with Gasteiger partial charge in [0.15, 0.2) is 0 Å². The largest absolute Gasteiger partial charge is 0.296 e. The molecule has 1 aromatic rings. The number of nitrogens with two attached hydrogens (primary N) is 1. The van der Waals surface area contributed by atoms with Gasteiger partial charge < -0.3 is 0 Å². The third-order valence-electron chi connectivity index (χ3n) is 2.85. The Morgan fingerprint density at radius 3 is 2.56 bits per heavy atom. The number of hydrazine groups is 1. The van der Waals surface area contributed by atoms with Crippen LogP contribution in [0.5, 0.6) is 0 Å². The van der Waals surface area contributed by atoms with Crippen LogP contribution in [-0.2, 0) is 6.54 Å². The Kier molecular flexibility index (Phi) is 3.76. The molecule has 1 aliphatic heterocycles. The fraction of sp³-hybridized carbons (Fsp3) is 0.455. The van der Waals surface area contributed by atoms with E-state index in [1.165, 1.54) is 6.07 Å². The lowest BCUT2D eigenvalue weighted by Crippen LogP contribution is -2.48. The molecule has 2 rings (SSSR count). The van der Waals surface area contributed by atoms with Crippen LogP contribution in [0.3, 0.4) is 0 Å². The number of rotatable bonds is 2. The molecule has 0 atom stereocenters. The van der Waals surface area contributed by atoms with Crippen molar-refractivity contribution < 1.29 is 4.39 Å². The van der Waals surface area contributed by atoms with Crippen molar-refractivity contribution in [3.05, 3.63) is 34.6 Å². The molecular formula is C11H15ClFN3. The number of hydrogen-bond acceptors (Lipinski definition) is 3. The number of benzene rings is 1. The molecule has 0 aromatic heterocycles. The number of halogens is 2. The lowest BCUT2D eigenvalue weighted by Gasteiger charge is -2.32. The van der Waals surface area contributed by atoms with Gasteiger partial charge in [0.05, 0.1) is 0 Å². The second-order valence-electron chi connectivity index (χ2n) is 4.01. The molecular weight excluding hydrogens is 229 g/mol. The van der Waals surface area contributed by atoms with Crippen molar-refractivity contribution in [3.8, 4) is 0 Å². The number of piperazine rings is 1. The lowest BCUT2D eigenvalue weighted by molar-refractivity contribution is 0.127. The standard InChI is InChI=1S/C11H15ClFN3/c12-10-2-1-3-11(13)9(10)8-15-4-6-16(14)7-5-15/h1-3H,4-8,14H2. The molecule has 16 heavy (non-hydrogen) atoms. The van der Waals surface area contributed by atoms with Gasteiger partial charge in [-0.15, -0.1) is 0 Å². The van der Waals surface area contributed by atoms with E-state index in [1.807, 2.05) is 0 Å². The Hall–Kier alpha value is -0.680. The summed E-state index contributed by atoms with van der Waals surface area (Å²) < 4.78 is 13.5. The molecule has 2 N–H and O–H groups in total. The lowest BCUT2D eigenvalue weighted by atomic mass is 10.2. The van der Waals surface area contributed by atoms with Crippen LogP contribution in [0.15, 0.2) is 18.2 Å². The maximum absolute atomic E-state index is 13.5. The zero-order valence-electron chi connectivity index (χ0n) is 9.00. The van der Waals surface area contributed by atoms with Gasteiger partial charge in [-0.25, -0.2) is 9.40 Å². The molecule has 1 saturated heterocycles. The molecule has 0 unspecified atom stereocenters. The van der Waals surface area contributed by atoms with Crippen molar-refractivity contribution in [1.29, 1.82) is 0 Å². The van der Waals surface area contributed by atoms with Crippen molar-refractivity contribution in [2.45, 2.75) is 6.54 Å². The maximum Gasteiger partial charge on any atom is 0.129 e. The summed E-state index contributed by atoms with van der Waals surface area (Å²) >= 11 is 5.98. The molecule has 3 nitrogen and oxygen atoms in total. The van der Waals surface area contributed by atoms with Gasteiger partial charge in [-0.3, -0.25) is 10.7 Å². The van der Waals surface area contributed by atoms with Gasteiger partial charge in [0, 0.05) is 43.3 Å². The normalized spacial score (nSPS) is 18.9. The van der Waals surface area contributed by atoms with Gasteiger partial charge in [-0.05, 0) is 12.1 Å². The average Bonchev–Trinajstić information content (AvgIpc) is 2.26. The van der Waals surface area contributed by atoms with E-state index in [-0.39, 0.29) is 5.82 Å². The molecule has 5 heteroatoms. The van der Waals surface area contributed by atoms with Crippen LogP contribution in [0.25, 0.3) is 0 Å². The second-order valence-corrected chi connectivity index (χ2v) is 4.42. The van der Waals surface area contributed by atoms with Gasteiger partial charge in [-0.1, -0.05) is 17.7 Å². The molecule has 0 bridgehead atoms. The van der Waals surface area contributed by atoms with Crippen molar-refractivity contribution in [3.63, 3.8) is 0 Å². The smallest absolute Gasteiger partial charge is 0.129 e. The summed E-state index contributed by atoms with van der Waals surface area (Å²) in [5.41, 5.74) is 0.578. The summed E-state index contributed by atoms with van der Waals surface area (Å²) in [6.45, 7) is 3.87. The highest BCUT2D eigenvalue weighted by Crippen LogP contribution is 2.21. The Morgan fingerprint density at radius 1 is 1.25 bits per heavy atom. The molecule has 0 saturated carbocycles. The van der Waals surface area contributed by atoms with E-state index in [1.54, 1.807) is 17.1 Å². The van der Waals surface area contributed by atoms with E-state index >= 15 is 0 Å². The SMILES string of the molecule is NN1CCN(Cc2c(F)cccc2Cl)CC1. The van der Waals surface area contributed by atoms with Crippen molar-refractivity contribution in [2.24, 2.45) is 5.84 Å². The molecule has 1 aromatic carbocycles. The Labute approximate surface area is 99.5 Å². The van der Waals surface area contributed by atoms with E-state index < -0.39 is 0 Å². The van der Waals surface area contributed by atoms with E-state index in [2.05, 4.69) is 4.90 Å². The van der Waals surface area contributed by atoms with Crippen molar-refractivity contribution in [2.75, 3.05) is 26.2 Å². The predicted octanol–water partition coefficient (Wildman–Crippen LogP) is 1.47. The molecule has 1 aliphatic rings. The highest BCUT2D eigenvalue weighted by molar-refractivity contribution is 6.31. The fourth-order valence-corrected chi connectivity index (χ4v) is 2.05. The molecule has 0 spiro atoms. The molecule has 0 amide bonds. The van der Waals surface area contributed by atoms with Crippen LogP contribution < -0.4 is 5.84 Å². The molecule has 1 heterocycles. The quantitative estimate of drug-likeness (QED) is 0.799. The van der Waals surface area contributed by atoms with Gasteiger partial charge >= 0.3 is 0 Å². The summed E-state index contributed by atoms with van der Waals surface area (Å²) in [6, 6.07) is 4.79. The van der Waals surface area contributed by atoms with Crippen LogP contribution in [-0.4, -0.2) is 36.1 Å². The second kappa shape index (κ2) is 5.10. The first-order chi connectivity index (χ1) is 7.66. The Balaban J connectivity index is 2.04. The third-order valence-corrected chi connectivity index (χ3v) is 3.20. The topological polar surface area (TPSA) is 32.5 Å². The Morgan fingerprint density at radius 2 is 1.94 bits per heavy atom. The minimum absolute atomic E-state index is 0.234. The Bertz CT molecular complexity index is 344. The van der Waals surface area contributed by atoms with Crippen molar-refractivity contribution >= 4 is 11.6 Å². The highest BCUT2D eigenvalue weighted by atomic mass is 35.5. The molecule has 0 radical (unpaired) electrons. The summed E-state index contributed by atoms with van der Waals surface area (Å²) in [4.78, 5) is 2.16. The number of nitrogens with zero attached hydrogens (tertiary/aromatic N) is 2. The maximum atomic E-state index is 13.5. The van der Waals surface area contributed by atoms with Crippen molar-refractivity contribution in [1.82, 2.24) is 9.91 Å². The minimum Gasteiger partial charge on any atom is -0.296 e. The minimum atomic E-state index is -0.234. The average molecular weight is 244 g/mol. The summed E-state index contributed by atoms with van der Waals surface area (Å²) in [5, 5.41) is 2.27. The van der Waals surface area contributed by atoms with Crippen LogP contribution >= 0.6 is 11.6 Å². The van der Waals surface area contributed by atoms with Gasteiger partial charge in [0.2, 0.25) is 0 Å². The van der Waals surface area contributed by atoms with Crippen LogP contribution in [0.2, 0.25) is 5.02 Å². The van der Waals surface area contributed by atoms with E-state index in [0.29, 0.717) is 17.1 Å². The highest BCUT2D eigenvalue weighted by Gasteiger charge is 2.17. The molecule has 0 aliphatic carbocycles. The first kappa shape index (κ1) is 11.8. The van der Waals surface area contributed by atoms with Gasteiger partial charge in [0.1, 0.15) is 5.82 Å². The zero-order chi connectivity index (χ0) is 11.5. The number of hydrogen-bond donors (Lipinski definition) is 1. The summed E-state index contributed by atoms with van der Waals surface area (Å²) in [7, 11) is 0. The molecule has 1 fully saturated rings. The third kappa shape index (κ3) is 2.71. The summed E-state index contributed by atoms with van der Waals surface area (Å²) in [6.07, 6.45) is 0. The van der Waals surface area contributed by atoms with Crippen LogP contribution in [0.1, 0.15) is 5.56 Å². The van der Waals surface area contributed by atoms with Crippen LogP contribution in [0.4, 0.5) is 4.39 Å². The van der Waals surface area contributed by atoms with Gasteiger partial charge in [0.25, 0.3) is 0 Å². The van der Waals surface area contributed by atoms with E-state index in [0.717, 1.165) is 26.2 Å². The first-order valence-corrected chi connectivity index (χ1v) is 5.69.